The molecule has 0 saturated heterocycles. The van der Waals surface area contributed by atoms with Gasteiger partial charge in [0.1, 0.15) is 5.75 Å². The van der Waals surface area contributed by atoms with Gasteiger partial charge in [0.05, 0.1) is 18.3 Å². The number of hydrogen-bond donors (Lipinski definition) is 1. The summed E-state index contributed by atoms with van der Waals surface area (Å²) in [4.78, 5) is 14.6. The molecule has 2 aromatic carbocycles. The standard InChI is InChI=1S/C19H20N2O2/c1-12(2)21-18-14-10-11-23-16(14)9-8-15(18)17(20-19(21)22)13-6-4-3-5-7-13/h3-9,12,17H,10-11H2,1-2H3,(H,20,22). The summed E-state index contributed by atoms with van der Waals surface area (Å²) in [7, 11) is 0. The summed E-state index contributed by atoms with van der Waals surface area (Å²) >= 11 is 0. The van der Waals surface area contributed by atoms with Gasteiger partial charge in [0, 0.05) is 23.6 Å². The van der Waals surface area contributed by atoms with E-state index in [0.717, 1.165) is 34.5 Å². The Hall–Kier alpha value is -2.49. The van der Waals surface area contributed by atoms with Crippen LogP contribution in [-0.2, 0) is 6.42 Å². The largest absolute Gasteiger partial charge is 0.493 e. The Kier molecular flexibility index (Phi) is 3.26. The molecule has 0 spiro atoms. The highest BCUT2D eigenvalue weighted by molar-refractivity contribution is 5.98. The van der Waals surface area contributed by atoms with Crippen molar-refractivity contribution < 1.29 is 9.53 Å². The zero-order valence-corrected chi connectivity index (χ0v) is 13.4. The van der Waals surface area contributed by atoms with Crippen molar-refractivity contribution in [3.05, 3.63) is 59.2 Å². The van der Waals surface area contributed by atoms with Gasteiger partial charge in [-0.15, -0.1) is 0 Å². The number of amides is 2. The van der Waals surface area contributed by atoms with Crippen molar-refractivity contribution in [2.24, 2.45) is 0 Å². The lowest BCUT2D eigenvalue weighted by Gasteiger charge is -2.38. The Morgan fingerprint density at radius 3 is 2.70 bits per heavy atom. The summed E-state index contributed by atoms with van der Waals surface area (Å²) in [6, 6.07) is 14.2. The molecule has 2 amide bonds. The van der Waals surface area contributed by atoms with Crippen LogP contribution in [0.1, 0.15) is 36.6 Å². The van der Waals surface area contributed by atoms with Crippen LogP contribution in [0.4, 0.5) is 10.5 Å². The van der Waals surface area contributed by atoms with Crippen molar-refractivity contribution in [2.75, 3.05) is 11.5 Å². The molecule has 1 N–H and O–H groups in total. The van der Waals surface area contributed by atoms with E-state index in [1.807, 2.05) is 43.0 Å². The molecule has 118 valence electrons. The molecule has 0 aliphatic carbocycles. The zero-order chi connectivity index (χ0) is 16.0. The maximum atomic E-state index is 12.8. The molecule has 1 atom stereocenters. The lowest BCUT2D eigenvalue weighted by molar-refractivity contribution is 0.241. The Morgan fingerprint density at radius 1 is 1.17 bits per heavy atom. The van der Waals surface area contributed by atoms with Gasteiger partial charge in [-0.25, -0.2) is 4.79 Å². The first kappa shape index (κ1) is 14.1. The quantitative estimate of drug-likeness (QED) is 0.920. The van der Waals surface area contributed by atoms with E-state index in [9.17, 15) is 4.79 Å². The number of fused-ring (bicyclic) bond motifs is 3. The highest BCUT2D eigenvalue weighted by Gasteiger charge is 2.36. The first-order valence-corrected chi connectivity index (χ1v) is 8.10. The molecule has 0 fully saturated rings. The van der Waals surface area contributed by atoms with Crippen LogP contribution in [0.25, 0.3) is 0 Å². The van der Waals surface area contributed by atoms with Gasteiger partial charge in [0.2, 0.25) is 0 Å². The lowest BCUT2D eigenvalue weighted by atomic mass is 9.91. The van der Waals surface area contributed by atoms with Gasteiger partial charge in [-0.2, -0.15) is 0 Å². The Bertz CT molecular complexity index is 755. The number of rotatable bonds is 2. The Morgan fingerprint density at radius 2 is 1.96 bits per heavy atom. The molecule has 4 rings (SSSR count). The van der Waals surface area contributed by atoms with Crippen LogP contribution in [0.15, 0.2) is 42.5 Å². The first-order chi connectivity index (χ1) is 11.2. The van der Waals surface area contributed by atoms with Crippen LogP contribution >= 0.6 is 0 Å². The number of carbonyl (C=O) groups excluding carboxylic acids is 1. The number of hydrogen-bond acceptors (Lipinski definition) is 2. The summed E-state index contributed by atoms with van der Waals surface area (Å²) in [5.74, 6) is 0.913. The second kappa shape index (κ2) is 5.30. The average Bonchev–Trinajstić information content (AvgIpc) is 3.03. The number of benzene rings is 2. The van der Waals surface area contributed by atoms with E-state index in [1.54, 1.807) is 0 Å². The van der Waals surface area contributed by atoms with Crippen LogP contribution in [0.3, 0.4) is 0 Å². The molecule has 2 aromatic rings. The van der Waals surface area contributed by atoms with Crippen molar-refractivity contribution in [1.82, 2.24) is 5.32 Å². The van der Waals surface area contributed by atoms with Gasteiger partial charge in [-0.1, -0.05) is 36.4 Å². The molecule has 0 radical (unpaired) electrons. The molecule has 4 nitrogen and oxygen atoms in total. The van der Waals surface area contributed by atoms with E-state index in [4.69, 9.17) is 4.74 Å². The lowest BCUT2D eigenvalue weighted by Crippen LogP contribution is -2.50. The van der Waals surface area contributed by atoms with Gasteiger partial charge in [0.25, 0.3) is 0 Å². The third-order valence-electron chi connectivity index (χ3n) is 4.57. The molecule has 0 bridgehead atoms. The predicted octanol–water partition coefficient (Wildman–Crippen LogP) is 3.65. The summed E-state index contributed by atoms with van der Waals surface area (Å²) < 4.78 is 5.71. The highest BCUT2D eigenvalue weighted by Crippen LogP contribution is 2.43. The van der Waals surface area contributed by atoms with Gasteiger partial charge in [0.15, 0.2) is 0 Å². The van der Waals surface area contributed by atoms with Gasteiger partial charge >= 0.3 is 6.03 Å². The van der Waals surface area contributed by atoms with Crippen molar-refractivity contribution in [3.63, 3.8) is 0 Å². The third-order valence-corrected chi connectivity index (χ3v) is 4.57. The maximum absolute atomic E-state index is 12.8. The van der Waals surface area contributed by atoms with Crippen LogP contribution in [0.2, 0.25) is 0 Å². The zero-order valence-electron chi connectivity index (χ0n) is 13.4. The maximum Gasteiger partial charge on any atom is 0.322 e. The fourth-order valence-electron chi connectivity index (χ4n) is 3.57. The summed E-state index contributed by atoms with van der Waals surface area (Å²) in [5, 5.41) is 3.16. The fourth-order valence-corrected chi connectivity index (χ4v) is 3.57. The number of ether oxygens (including phenoxy) is 1. The van der Waals surface area contributed by atoms with E-state index >= 15 is 0 Å². The predicted molar refractivity (Wildman–Crippen MR) is 90.1 cm³/mol. The minimum Gasteiger partial charge on any atom is -0.493 e. The van der Waals surface area contributed by atoms with Crippen molar-refractivity contribution >= 4 is 11.7 Å². The monoisotopic (exact) mass is 308 g/mol. The highest BCUT2D eigenvalue weighted by atomic mass is 16.5. The summed E-state index contributed by atoms with van der Waals surface area (Å²) in [5.41, 5.74) is 4.44. The molecule has 0 aromatic heterocycles. The van der Waals surface area contributed by atoms with Gasteiger partial charge in [-0.05, 0) is 25.5 Å². The second-order valence-electron chi connectivity index (χ2n) is 6.34. The Balaban J connectivity index is 1.92. The molecule has 0 saturated carbocycles. The summed E-state index contributed by atoms with van der Waals surface area (Å²) in [6.45, 7) is 4.78. The van der Waals surface area contributed by atoms with Crippen LogP contribution in [-0.4, -0.2) is 18.7 Å². The van der Waals surface area contributed by atoms with Crippen molar-refractivity contribution in [2.45, 2.75) is 32.4 Å². The molecule has 1 unspecified atom stereocenters. The van der Waals surface area contributed by atoms with E-state index in [2.05, 4.69) is 23.5 Å². The molecule has 2 aliphatic rings. The fraction of sp³-hybridized carbons (Fsp3) is 0.316. The molecule has 4 heteroatoms. The number of urea groups is 1. The van der Waals surface area contributed by atoms with E-state index < -0.39 is 0 Å². The normalized spacial score (nSPS) is 19.2. The van der Waals surface area contributed by atoms with Crippen molar-refractivity contribution in [1.29, 1.82) is 0 Å². The minimum absolute atomic E-state index is 0.0401. The van der Waals surface area contributed by atoms with E-state index in [-0.39, 0.29) is 18.1 Å². The van der Waals surface area contributed by atoms with E-state index in [1.165, 1.54) is 0 Å². The average molecular weight is 308 g/mol. The number of nitrogens with one attached hydrogen (secondary N) is 1. The van der Waals surface area contributed by atoms with Crippen LogP contribution in [0.5, 0.6) is 5.75 Å². The Labute approximate surface area is 136 Å². The van der Waals surface area contributed by atoms with E-state index in [0.29, 0.717) is 6.61 Å². The molecule has 2 aliphatic heterocycles. The molecular weight excluding hydrogens is 288 g/mol. The topological polar surface area (TPSA) is 41.6 Å². The summed E-state index contributed by atoms with van der Waals surface area (Å²) in [6.07, 6.45) is 0.858. The molecule has 23 heavy (non-hydrogen) atoms. The van der Waals surface area contributed by atoms with Gasteiger partial charge < -0.3 is 10.1 Å². The van der Waals surface area contributed by atoms with Crippen molar-refractivity contribution in [3.8, 4) is 5.75 Å². The first-order valence-electron chi connectivity index (χ1n) is 8.10. The van der Waals surface area contributed by atoms with Gasteiger partial charge in [-0.3, -0.25) is 4.90 Å². The van der Waals surface area contributed by atoms with Crippen LogP contribution in [0, 0.1) is 0 Å². The molecule has 2 heterocycles. The molecular formula is C19H20N2O2. The second-order valence-corrected chi connectivity index (χ2v) is 6.34. The number of nitrogens with zero attached hydrogens (tertiary/aromatic N) is 1. The third kappa shape index (κ3) is 2.17. The number of anilines is 1. The number of carbonyl (C=O) groups is 1. The SMILES string of the molecule is CC(C)N1C(=O)NC(c2ccccc2)c2ccc3c(c21)CCO3. The minimum atomic E-state index is -0.111. The van der Waals surface area contributed by atoms with Crippen LogP contribution < -0.4 is 15.0 Å². The smallest absolute Gasteiger partial charge is 0.322 e.